The molecule has 0 aromatic heterocycles. The largest absolute Gasteiger partial charge is 0.292 e. The van der Waals surface area contributed by atoms with Gasteiger partial charge in [-0.1, -0.05) is 26.0 Å². The van der Waals surface area contributed by atoms with Crippen molar-refractivity contribution in [2.75, 3.05) is 6.54 Å². The van der Waals surface area contributed by atoms with Crippen LogP contribution in [0.25, 0.3) is 0 Å². The van der Waals surface area contributed by atoms with Gasteiger partial charge in [-0.25, -0.2) is 4.39 Å². The molecule has 1 aromatic rings. The fourth-order valence-corrected chi connectivity index (χ4v) is 1.10. The molecule has 0 saturated heterocycles. The van der Waals surface area contributed by atoms with E-state index in [0.717, 1.165) is 0 Å². The van der Waals surface area contributed by atoms with Crippen molar-refractivity contribution in [1.82, 2.24) is 0 Å². The molecule has 0 fully saturated rings. The van der Waals surface area contributed by atoms with Crippen molar-refractivity contribution < 1.29 is 9.18 Å². The Morgan fingerprint density at radius 1 is 1.53 bits per heavy atom. The maximum absolute atomic E-state index is 12.8. The summed E-state index contributed by atoms with van der Waals surface area (Å²) in [6.45, 7) is 4.05. The van der Waals surface area contributed by atoms with E-state index < -0.39 is 5.82 Å². The number of rotatable bonds is 4. The Labute approximate surface area is 88.8 Å². The monoisotopic (exact) mass is 207 g/mol. The summed E-state index contributed by atoms with van der Waals surface area (Å²) in [7, 11) is 0. The highest BCUT2D eigenvalue weighted by Gasteiger charge is 2.04. The van der Waals surface area contributed by atoms with E-state index in [-0.39, 0.29) is 12.3 Å². The van der Waals surface area contributed by atoms with Gasteiger partial charge in [0.15, 0.2) is 5.78 Å². The average Bonchev–Trinajstić information content (AvgIpc) is 2.17. The number of ketones is 1. The van der Waals surface area contributed by atoms with Gasteiger partial charge < -0.3 is 0 Å². The van der Waals surface area contributed by atoms with E-state index in [1.807, 2.05) is 13.8 Å². The summed E-state index contributed by atoms with van der Waals surface area (Å²) in [5, 5.41) is 0. The summed E-state index contributed by atoms with van der Waals surface area (Å²) >= 11 is 0. The average molecular weight is 207 g/mol. The molecule has 0 spiro atoms. The van der Waals surface area contributed by atoms with Crippen LogP contribution in [0.15, 0.2) is 29.3 Å². The Morgan fingerprint density at radius 3 is 2.87 bits per heavy atom. The standard InChI is InChI=1S/C12H14FNO/c1-9(2)7-14-8-12(15)10-4-3-5-11(13)6-10/h3-7,9H,8H2,1-2H3. The van der Waals surface area contributed by atoms with Crippen molar-refractivity contribution in [3.8, 4) is 0 Å². The SMILES string of the molecule is CC(C)C=NCC(=O)c1cccc(F)c1. The second kappa shape index (κ2) is 5.39. The second-order valence-corrected chi connectivity index (χ2v) is 3.67. The van der Waals surface area contributed by atoms with E-state index >= 15 is 0 Å². The van der Waals surface area contributed by atoms with E-state index in [0.29, 0.717) is 11.5 Å². The molecule has 0 aliphatic heterocycles. The molecule has 0 unspecified atom stereocenters. The number of Topliss-reactive ketones (excluding diaryl/α,β-unsaturated/α-hetero) is 1. The first-order valence-corrected chi connectivity index (χ1v) is 4.88. The molecule has 0 bridgehead atoms. The molecule has 2 nitrogen and oxygen atoms in total. The Kier molecular flexibility index (Phi) is 4.16. The normalized spacial score (nSPS) is 11.2. The lowest BCUT2D eigenvalue weighted by atomic mass is 10.1. The highest BCUT2D eigenvalue weighted by Crippen LogP contribution is 2.04. The summed E-state index contributed by atoms with van der Waals surface area (Å²) in [6, 6.07) is 5.66. The van der Waals surface area contributed by atoms with Gasteiger partial charge in [-0.05, 0) is 18.1 Å². The fourth-order valence-electron chi connectivity index (χ4n) is 1.10. The Hall–Kier alpha value is -1.51. The van der Waals surface area contributed by atoms with Gasteiger partial charge in [0.1, 0.15) is 12.4 Å². The summed E-state index contributed by atoms with van der Waals surface area (Å²) in [5.41, 5.74) is 0.371. The predicted molar refractivity (Wildman–Crippen MR) is 58.9 cm³/mol. The third-order valence-electron chi connectivity index (χ3n) is 1.79. The molecule has 80 valence electrons. The second-order valence-electron chi connectivity index (χ2n) is 3.67. The van der Waals surface area contributed by atoms with Crippen molar-refractivity contribution in [3.05, 3.63) is 35.6 Å². The zero-order valence-electron chi connectivity index (χ0n) is 8.90. The first-order chi connectivity index (χ1) is 7.09. The molecule has 0 N–H and O–H groups in total. The van der Waals surface area contributed by atoms with Crippen molar-refractivity contribution >= 4 is 12.0 Å². The highest BCUT2D eigenvalue weighted by atomic mass is 19.1. The third-order valence-corrected chi connectivity index (χ3v) is 1.79. The molecule has 0 radical (unpaired) electrons. The Balaban J connectivity index is 2.62. The predicted octanol–water partition coefficient (Wildman–Crippen LogP) is 2.74. The van der Waals surface area contributed by atoms with Crippen LogP contribution in [0.5, 0.6) is 0 Å². The van der Waals surface area contributed by atoms with Crippen LogP contribution in [-0.4, -0.2) is 18.5 Å². The quantitative estimate of drug-likeness (QED) is 0.551. The van der Waals surface area contributed by atoms with E-state index in [9.17, 15) is 9.18 Å². The van der Waals surface area contributed by atoms with Crippen molar-refractivity contribution in [2.24, 2.45) is 10.9 Å². The van der Waals surface area contributed by atoms with Gasteiger partial charge in [0.2, 0.25) is 0 Å². The van der Waals surface area contributed by atoms with Gasteiger partial charge in [0.05, 0.1) is 0 Å². The molecule has 15 heavy (non-hydrogen) atoms. The lowest BCUT2D eigenvalue weighted by molar-refractivity contribution is 0.100. The molecule has 1 rings (SSSR count). The Morgan fingerprint density at radius 2 is 2.27 bits per heavy atom. The van der Waals surface area contributed by atoms with Crippen LogP contribution < -0.4 is 0 Å². The zero-order valence-corrected chi connectivity index (χ0v) is 8.90. The van der Waals surface area contributed by atoms with Crippen molar-refractivity contribution in [3.63, 3.8) is 0 Å². The van der Waals surface area contributed by atoms with Crippen LogP contribution in [0.4, 0.5) is 4.39 Å². The van der Waals surface area contributed by atoms with Crippen LogP contribution in [0, 0.1) is 11.7 Å². The number of hydrogen-bond donors (Lipinski definition) is 0. The summed E-state index contributed by atoms with van der Waals surface area (Å²) in [5.74, 6) is -0.231. The Bertz CT molecular complexity index is 372. The van der Waals surface area contributed by atoms with Crippen LogP contribution in [-0.2, 0) is 0 Å². The van der Waals surface area contributed by atoms with Gasteiger partial charge in [0, 0.05) is 11.8 Å². The highest BCUT2D eigenvalue weighted by molar-refractivity contribution is 5.98. The number of carbonyl (C=O) groups is 1. The van der Waals surface area contributed by atoms with Gasteiger partial charge in [-0.2, -0.15) is 0 Å². The van der Waals surface area contributed by atoms with Crippen LogP contribution >= 0.6 is 0 Å². The molecular formula is C12H14FNO. The molecule has 0 atom stereocenters. The lowest BCUT2D eigenvalue weighted by Crippen LogP contribution is -2.04. The number of carbonyl (C=O) groups excluding carboxylic acids is 1. The molecule has 0 aliphatic carbocycles. The van der Waals surface area contributed by atoms with Crippen LogP contribution in [0.3, 0.4) is 0 Å². The number of nitrogens with zero attached hydrogens (tertiary/aromatic N) is 1. The minimum atomic E-state index is -0.395. The van der Waals surface area contributed by atoms with Gasteiger partial charge in [-0.3, -0.25) is 9.79 Å². The van der Waals surface area contributed by atoms with E-state index in [4.69, 9.17) is 0 Å². The van der Waals surface area contributed by atoms with Crippen molar-refractivity contribution in [2.45, 2.75) is 13.8 Å². The van der Waals surface area contributed by atoms with Gasteiger partial charge in [-0.15, -0.1) is 0 Å². The number of hydrogen-bond acceptors (Lipinski definition) is 2. The van der Waals surface area contributed by atoms with Gasteiger partial charge >= 0.3 is 0 Å². The molecular weight excluding hydrogens is 193 g/mol. The summed E-state index contributed by atoms with van der Waals surface area (Å²) < 4.78 is 12.8. The number of benzene rings is 1. The summed E-state index contributed by atoms with van der Waals surface area (Å²) in [6.07, 6.45) is 1.72. The smallest absolute Gasteiger partial charge is 0.184 e. The minimum Gasteiger partial charge on any atom is -0.292 e. The molecule has 0 amide bonds. The third kappa shape index (κ3) is 4.02. The summed E-state index contributed by atoms with van der Waals surface area (Å²) in [4.78, 5) is 15.5. The topological polar surface area (TPSA) is 29.4 Å². The van der Waals surface area contributed by atoms with Crippen LogP contribution in [0.2, 0.25) is 0 Å². The van der Waals surface area contributed by atoms with Crippen LogP contribution in [0.1, 0.15) is 24.2 Å². The van der Waals surface area contributed by atoms with E-state index in [2.05, 4.69) is 4.99 Å². The minimum absolute atomic E-state index is 0.0850. The molecule has 0 aliphatic rings. The van der Waals surface area contributed by atoms with Gasteiger partial charge in [0.25, 0.3) is 0 Å². The molecule has 1 aromatic carbocycles. The lowest BCUT2D eigenvalue weighted by Gasteiger charge is -1.98. The number of halogens is 1. The first-order valence-electron chi connectivity index (χ1n) is 4.88. The van der Waals surface area contributed by atoms with E-state index in [1.165, 1.54) is 18.2 Å². The molecule has 3 heteroatoms. The van der Waals surface area contributed by atoms with Crippen molar-refractivity contribution in [1.29, 1.82) is 0 Å². The maximum atomic E-state index is 12.8. The number of aliphatic imine (C=N–C) groups is 1. The maximum Gasteiger partial charge on any atom is 0.184 e. The zero-order chi connectivity index (χ0) is 11.3. The fraction of sp³-hybridized carbons (Fsp3) is 0.333. The van der Waals surface area contributed by atoms with E-state index in [1.54, 1.807) is 12.3 Å². The molecule has 0 saturated carbocycles. The molecule has 0 heterocycles. The first kappa shape index (κ1) is 11.6.